The van der Waals surface area contributed by atoms with Gasteiger partial charge >= 0.3 is 5.97 Å². The van der Waals surface area contributed by atoms with Crippen LogP contribution >= 0.6 is 0 Å². The highest BCUT2D eigenvalue weighted by atomic mass is 16.6. The van der Waals surface area contributed by atoms with Crippen LogP contribution in [0.1, 0.15) is 45.7 Å². The second-order valence-electron chi connectivity index (χ2n) is 4.58. The molecule has 0 saturated carbocycles. The minimum Gasteiger partial charge on any atom is -0.478 e. The standard InChI is InChI=1S/C16H25NO3/c1-5-14(16(18)19-7-3)20-15-11-9-8-10-13(15)12(4)17-6-2/h8-12,14,17H,5-7H2,1-4H3. The van der Waals surface area contributed by atoms with Crippen LogP contribution in [-0.2, 0) is 9.53 Å². The molecule has 0 aliphatic carbocycles. The summed E-state index contributed by atoms with van der Waals surface area (Å²) in [5.74, 6) is 0.432. The Morgan fingerprint density at radius 3 is 2.55 bits per heavy atom. The topological polar surface area (TPSA) is 47.6 Å². The maximum Gasteiger partial charge on any atom is 0.347 e. The third kappa shape index (κ3) is 4.53. The van der Waals surface area contributed by atoms with E-state index in [-0.39, 0.29) is 12.0 Å². The Kier molecular flexibility index (Phi) is 7.09. The van der Waals surface area contributed by atoms with E-state index in [1.54, 1.807) is 6.92 Å². The van der Waals surface area contributed by atoms with E-state index in [1.165, 1.54) is 0 Å². The molecular weight excluding hydrogens is 254 g/mol. The molecule has 0 fully saturated rings. The van der Waals surface area contributed by atoms with Gasteiger partial charge in [0, 0.05) is 11.6 Å². The van der Waals surface area contributed by atoms with Crippen molar-refractivity contribution in [2.45, 2.75) is 46.3 Å². The van der Waals surface area contributed by atoms with Gasteiger partial charge in [0.25, 0.3) is 0 Å². The molecule has 0 heterocycles. The number of ether oxygens (including phenoxy) is 2. The van der Waals surface area contributed by atoms with Crippen LogP contribution in [0.25, 0.3) is 0 Å². The molecule has 2 unspecified atom stereocenters. The number of carbonyl (C=O) groups is 1. The number of para-hydroxylation sites is 1. The molecule has 4 heteroatoms. The van der Waals surface area contributed by atoms with Gasteiger partial charge in [0.05, 0.1) is 6.61 Å². The van der Waals surface area contributed by atoms with E-state index in [9.17, 15) is 4.79 Å². The second-order valence-corrected chi connectivity index (χ2v) is 4.58. The third-order valence-corrected chi connectivity index (χ3v) is 3.09. The first-order valence-corrected chi connectivity index (χ1v) is 7.29. The predicted molar refractivity (Wildman–Crippen MR) is 79.9 cm³/mol. The second kappa shape index (κ2) is 8.59. The SMILES string of the molecule is CCNC(C)c1ccccc1OC(CC)C(=O)OCC. The minimum absolute atomic E-state index is 0.177. The maximum absolute atomic E-state index is 11.8. The van der Waals surface area contributed by atoms with Crippen LogP contribution in [0.4, 0.5) is 0 Å². The third-order valence-electron chi connectivity index (χ3n) is 3.09. The van der Waals surface area contributed by atoms with Crippen molar-refractivity contribution < 1.29 is 14.3 Å². The predicted octanol–water partition coefficient (Wildman–Crippen LogP) is 3.08. The van der Waals surface area contributed by atoms with Gasteiger partial charge < -0.3 is 14.8 Å². The van der Waals surface area contributed by atoms with Crippen molar-refractivity contribution in [1.82, 2.24) is 5.32 Å². The van der Waals surface area contributed by atoms with Crippen molar-refractivity contribution >= 4 is 5.97 Å². The molecule has 1 aromatic carbocycles. The quantitative estimate of drug-likeness (QED) is 0.743. The monoisotopic (exact) mass is 279 g/mol. The highest BCUT2D eigenvalue weighted by Gasteiger charge is 2.21. The molecular formula is C16H25NO3. The zero-order valence-electron chi connectivity index (χ0n) is 12.8. The number of carbonyl (C=O) groups excluding carboxylic acids is 1. The van der Waals surface area contributed by atoms with E-state index in [0.717, 1.165) is 17.9 Å². The van der Waals surface area contributed by atoms with Crippen LogP contribution in [0.15, 0.2) is 24.3 Å². The van der Waals surface area contributed by atoms with Gasteiger partial charge in [0.15, 0.2) is 6.10 Å². The van der Waals surface area contributed by atoms with Crippen LogP contribution in [0, 0.1) is 0 Å². The zero-order valence-corrected chi connectivity index (χ0v) is 12.8. The lowest BCUT2D eigenvalue weighted by molar-refractivity contribution is -0.151. The molecule has 2 atom stereocenters. The van der Waals surface area contributed by atoms with Crippen LogP contribution in [-0.4, -0.2) is 25.2 Å². The van der Waals surface area contributed by atoms with Gasteiger partial charge in [-0.2, -0.15) is 0 Å². The van der Waals surface area contributed by atoms with Crippen molar-refractivity contribution in [3.05, 3.63) is 29.8 Å². The Bertz CT molecular complexity index is 420. The number of esters is 1. The molecule has 0 amide bonds. The van der Waals surface area contributed by atoms with Gasteiger partial charge in [-0.15, -0.1) is 0 Å². The van der Waals surface area contributed by atoms with Crippen molar-refractivity contribution in [3.63, 3.8) is 0 Å². The van der Waals surface area contributed by atoms with Gasteiger partial charge in [-0.3, -0.25) is 0 Å². The van der Waals surface area contributed by atoms with Gasteiger partial charge in [-0.05, 0) is 32.9 Å². The molecule has 0 aliphatic heterocycles. The highest BCUT2D eigenvalue weighted by molar-refractivity contribution is 5.75. The lowest BCUT2D eigenvalue weighted by atomic mass is 10.1. The fraction of sp³-hybridized carbons (Fsp3) is 0.562. The fourth-order valence-electron chi connectivity index (χ4n) is 2.05. The number of rotatable bonds is 8. The average molecular weight is 279 g/mol. The average Bonchev–Trinajstić information content (AvgIpc) is 2.45. The van der Waals surface area contributed by atoms with Crippen molar-refractivity contribution in [3.8, 4) is 5.75 Å². The van der Waals surface area contributed by atoms with E-state index >= 15 is 0 Å². The van der Waals surface area contributed by atoms with E-state index in [1.807, 2.05) is 31.2 Å². The smallest absolute Gasteiger partial charge is 0.347 e. The molecule has 0 aliphatic rings. The summed E-state index contributed by atoms with van der Waals surface area (Å²) in [6.45, 7) is 9.10. The first-order chi connectivity index (χ1) is 9.63. The first-order valence-electron chi connectivity index (χ1n) is 7.29. The summed E-state index contributed by atoms with van der Waals surface area (Å²) in [4.78, 5) is 11.8. The molecule has 4 nitrogen and oxygen atoms in total. The van der Waals surface area contributed by atoms with Crippen LogP contribution < -0.4 is 10.1 Å². The summed E-state index contributed by atoms with van der Waals surface area (Å²) in [7, 11) is 0. The van der Waals surface area contributed by atoms with Crippen molar-refractivity contribution in [2.75, 3.05) is 13.2 Å². The summed E-state index contributed by atoms with van der Waals surface area (Å²) in [6, 6.07) is 7.97. The van der Waals surface area contributed by atoms with E-state index in [2.05, 4.69) is 19.2 Å². The Labute approximate surface area is 121 Å². The molecule has 0 aromatic heterocycles. The summed E-state index contributed by atoms with van der Waals surface area (Å²) in [5.41, 5.74) is 1.05. The molecule has 0 radical (unpaired) electrons. The summed E-state index contributed by atoms with van der Waals surface area (Å²) < 4.78 is 10.9. The molecule has 20 heavy (non-hydrogen) atoms. The van der Waals surface area contributed by atoms with Crippen LogP contribution in [0.3, 0.4) is 0 Å². The molecule has 1 rings (SSSR count). The van der Waals surface area contributed by atoms with Crippen LogP contribution in [0.2, 0.25) is 0 Å². The molecule has 0 spiro atoms. The normalized spacial score (nSPS) is 13.6. The number of hydrogen-bond acceptors (Lipinski definition) is 4. The lowest BCUT2D eigenvalue weighted by Gasteiger charge is -2.21. The Morgan fingerprint density at radius 1 is 1.25 bits per heavy atom. The minimum atomic E-state index is -0.551. The largest absolute Gasteiger partial charge is 0.478 e. The molecule has 1 N–H and O–H groups in total. The zero-order chi connectivity index (χ0) is 15.0. The Morgan fingerprint density at radius 2 is 1.95 bits per heavy atom. The maximum atomic E-state index is 11.8. The number of benzene rings is 1. The van der Waals surface area contributed by atoms with Gasteiger partial charge in [0.1, 0.15) is 5.75 Å². The van der Waals surface area contributed by atoms with Gasteiger partial charge in [0.2, 0.25) is 0 Å². The summed E-state index contributed by atoms with van der Waals surface area (Å²) >= 11 is 0. The molecule has 0 bridgehead atoms. The van der Waals surface area contributed by atoms with Gasteiger partial charge in [-0.1, -0.05) is 32.0 Å². The number of nitrogens with one attached hydrogen (secondary N) is 1. The Balaban J connectivity index is 2.87. The van der Waals surface area contributed by atoms with E-state index in [4.69, 9.17) is 9.47 Å². The van der Waals surface area contributed by atoms with Gasteiger partial charge in [-0.25, -0.2) is 4.79 Å². The number of hydrogen-bond donors (Lipinski definition) is 1. The lowest BCUT2D eigenvalue weighted by Crippen LogP contribution is -2.29. The molecule has 0 saturated heterocycles. The summed E-state index contributed by atoms with van der Waals surface area (Å²) in [5, 5.41) is 3.35. The Hall–Kier alpha value is -1.55. The summed E-state index contributed by atoms with van der Waals surface area (Å²) in [6.07, 6.45) is 0.0351. The fourth-order valence-corrected chi connectivity index (χ4v) is 2.05. The molecule has 112 valence electrons. The highest BCUT2D eigenvalue weighted by Crippen LogP contribution is 2.26. The van der Waals surface area contributed by atoms with E-state index < -0.39 is 6.10 Å². The molecule has 1 aromatic rings. The van der Waals surface area contributed by atoms with Crippen molar-refractivity contribution in [2.24, 2.45) is 0 Å². The first kappa shape index (κ1) is 16.5. The van der Waals surface area contributed by atoms with E-state index in [0.29, 0.717) is 13.0 Å². The van der Waals surface area contributed by atoms with Crippen molar-refractivity contribution in [1.29, 1.82) is 0 Å². The van der Waals surface area contributed by atoms with Crippen LogP contribution in [0.5, 0.6) is 5.75 Å².